The van der Waals surface area contributed by atoms with Gasteiger partial charge in [0.1, 0.15) is 0 Å². The lowest BCUT2D eigenvalue weighted by molar-refractivity contribution is 0.0601. The summed E-state index contributed by atoms with van der Waals surface area (Å²) < 4.78 is 6.18. The van der Waals surface area contributed by atoms with E-state index in [1.165, 1.54) is 0 Å². The van der Waals surface area contributed by atoms with Crippen molar-refractivity contribution in [2.75, 3.05) is 18.9 Å². The first-order valence-electron chi connectivity index (χ1n) is 5.83. The second-order valence-electron chi connectivity index (χ2n) is 4.41. The van der Waals surface area contributed by atoms with Crippen molar-refractivity contribution in [3.05, 3.63) is 28.2 Å². The molecule has 0 amide bonds. The Morgan fingerprint density at radius 3 is 2.76 bits per heavy atom. The van der Waals surface area contributed by atoms with E-state index in [4.69, 9.17) is 10.5 Å². The minimum absolute atomic E-state index is 0.141. The smallest absolute Gasteiger partial charge is 0.165 e. The Morgan fingerprint density at radius 2 is 2.12 bits per heavy atom. The fourth-order valence-corrected chi connectivity index (χ4v) is 2.49. The summed E-state index contributed by atoms with van der Waals surface area (Å²) in [6.45, 7) is 1.54. The molecule has 1 aromatic carbocycles. The molecule has 1 heterocycles. The molecule has 2 rings (SSSR count). The van der Waals surface area contributed by atoms with Crippen molar-refractivity contribution in [3.63, 3.8) is 0 Å². The van der Waals surface area contributed by atoms with Crippen LogP contribution in [0.25, 0.3) is 0 Å². The molecule has 0 atom stereocenters. The fourth-order valence-electron chi connectivity index (χ4n) is 2.11. The maximum absolute atomic E-state index is 12.1. The number of ketones is 1. The minimum atomic E-state index is 0.141. The van der Waals surface area contributed by atoms with E-state index in [0.29, 0.717) is 23.6 Å². The van der Waals surface area contributed by atoms with Crippen LogP contribution in [-0.4, -0.2) is 19.0 Å². The third-order valence-electron chi connectivity index (χ3n) is 3.13. The van der Waals surface area contributed by atoms with Crippen LogP contribution in [0.4, 0.5) is 5.69 Å². The average Bonchev–Trinajstić information content (AvgIpc) is 2.30. The Balaban J connectivity index is 2.03. The molecule has 3 nitrogen and oxygen atoms in total. The maximum Gasteiger partial charge on any atom is 0.165 e. The highest BCUT2D eigenvalue weighted by molar-refractivity contribution is 9.10. The zero-order valence-corrected chi connectivity index (χ0v) is 11.2. The van der Waals surface area contributed by atoms with Crippen molar-refractivity contribution in [2.45, 2.75) is 19.3 Å². The fraction of sp³-hybridized carbons (Fsp3) is 0.462. The number of carbonyl (C=O) groups excluding carboxylic acids is 1. The van der Waals surface area contributed by atoms with E-state index in [9.17, 15) is 4.79 Å². The van der Waals surface area contributed by atoms with E-state index in [0.717, 1.165) is 30.5 Å². The van der Waals surface area contributed by atoms with Crippen LogP contribution in [0.2, 0.25) is 0 Å². The summed E-state index contributed by atoms with van der Waals surface area (Å²) in [4.78, 5) is 12.1. The van der Waals surface area contributed by atoms with Crippen LogP contribution in [0.1, 0.15) is 29.6 Å². The van der Waals surface area contributed by atoms with Crippen LogP contribution in [-0.2, 0) is 4.74 Å². The van der Waals surface area contributed by atoms with Gasteiger partial charge in [0, 0.05) is 35.4 Å². The zero-order chi connectivity index (χ0) is 12.3. The normalized spacial score (nSPS) is 17.0. The number of benzene rings is 1. The number of hydrogen-bond acceptors (Lipinski definition) is 3. The minimum Gasteiger partial charge on any atom is -0.398 e. The summed E-state index contributed by atoms with van der Waals surface area (Å²) in [6.07, 6.45) is 2.53. The number of ether oxygens (including phenoxy) is 1. The third kappa shape index (κ3) is 3.30. The Kier molecular flexibility index (Phi) is 4.18. The molecule has 0 unspecified atom stereocenters. The topological polar surface area (TPSA) is 52.3 Å². The van der Waals surface area contributed by atoms with Crippen molar-refractivity contribution in [1.82, 2.24) is 0 Å². The molecule has 1 aromatic rings. The van der Waals surface area contributed by atoms with Crippen LogP contribution in [0, 0.1) is 5.92 Å². The lowest BCUT2D eigenvalue weighted by Gasteiger charge is -2.21. The lowest BCUT2D eigenvalue weighted by atomic mass is 9.91. The van der Waals surface area contributed by atoms with Gasteiger partial charge in [0.25, 0.3) is 0 Å². The molecule has 1 aliphatic heterocycles. The Bertz CT molecular complexity index is 414. The van der Waals surface area contributed by atoms with Gasteiger partial charge in [0.2, 0.25) is 0 Å². The van der Waals surface area contributed by atoms with Crippen molar-refractivity contribution in [3.8, 4) is 0 Å². The number of halogens is 1. The molecule has 1 aliphatic rings. The first-order chi connectivity index (χ1) is 8.16. The van der Waals surface area contributed by atoms with Gasteiger partial charge in [-0.15, -0.1) is 0 Å². The second-order valence-corrected chi connectivity index (χ2v) is 5.33. The number of nitrogen functional groups attached to an aromatic ring is 1. The van der Waals surface area contributed by atoms with E-state index in [1.807, 2.05) is 6.07 Å². The maximum atomic E-state index is 12.1. The third-order valence-corrected chi connectivity index (χ3v) is 3.62. The molecule has 1 fully saturated rings. The molecule has 0 aromatic heterocycles. The predicted octanol–water partition coefficient (Wildman–Crippen LogP) is 3.03. The van der Waals surface area contributed by atoms with Gasteiger partial charge < -0.3 is 10.5 Å². The Morgan fingerprint density at radius 1 is 1.41 bits per heavy atom. The largest absolute Gasteiger partial charge is 0.398 e. The summed E-state index contributed by atoms with van der Waals surface area (Å²) >= 11 is 3.34. The van der Waals surface area contributed by atoms with Crippen molar-refractivity contribution >= 4 is 27.4 Å². The molecular weight excluding hydrogens is 282 g/mol. The first-order valence-corrected chi connectivity index (χ1v) is 6.62. The summed E-state index contributed by atoms with van der Waals surface area (Å²) in [5, 5.41) is 0. The molecular formula is C13H16BrNO2. The molecule has 1 saturated heterocycles. The van der Waals surface area contributed by atoms with E-state index in [2.05, 4.69) is 15.9 Å². The number of carbonyl (C=O) groups is 1. The molecule has 17 heavy (non-hydrogen) atoms. The number of rotatable bonds is 3. The number of Topliss-reactive ketones (excluding diaryl/α,β-unsaturated/α-hetero) is 1. The quantitative estimate of drug-likeness (QED) is 0.689. The summed E-state index contributed by atoms with van der Waals surface area (Å²) in [5.74, 6) is 0.584. The molecule has 2 N–H and O–H groups in total. The van der Waals surface area contributed by atoms with Gasteiger partial charge >= 0.3 is 0 Å². The van der Waals surface area contributed by atoms with Gasteiger partial charge in [0.05, 0.1) is 0 Å². The highest BCUT2D eigenvalue weighted by Crippen LogP contribution is 2.24. The molecule has 0 saturated carbocycles. The van der Waals surface area contributed by atoms with E-state index < -0.39 is 0 Å². The SMILES string of the molecule is Nc1cc(Br)ccc1C(=O)CC1CCOCC1. The van der Waals surface area contributed by atoms with Gasteiger partial charge in [-0.25, -0.2) is 0 Å². The number of hydrogen-bond donors (Lipinski definition) is 1. The highest BCUT2D eigenvalue weighted by atomic mass is 79.9. The summed E-state index contributed by atoms with van der Waals surface area (Å²) in [7, 11) is 0. The van der Waals surface area contributed by atoms with Gasteiger partial charge in [-0.2, -0.15) is 0 Å². The molecule has 0 bridgehead atoms. The molecule has 0 radical (unpaired) electrons. The molecule has 4 heteroatoms. The van der Waals surface area contributed by atoms with Crippen LogP contribution in [0.15, 0.2) is 22.7 Å². The molecule has 0 aliphatic carbocycles. The summed E-state index contributed by atoms with van der Waals surface area (Å²) in [5.41, 5.74) is 7.04. The van der Waals surface area contributed by atoms with Gasteiger partial charge in [-0.05, 0) is 37.0 Å². The van der Waals surface area contributed by atoms with E-state index in [-0.39, 0.29) is 5.78 Å². The Labute approximate surface area is 109 Å². The second kappa shape index (κ2) is 5.65. The van der Waals surface area contributed by atoms with Crippen molar-refractivity contribution < 1.29 is 9.53 Å². The standard InChI is InChI=1S/C13H16BrNO2/c14-10-1-2-11(12(15)8-10)13(16)7-9-3-5-17-6-4-9/h1-2,8-9H,3-7,15H2. The van der Waals surface area contributed by atoms with Crippen LogP contribution in [0.5, 0.6) is 0 Å². The Hall–Kier alpha value is -0.870. The van der Waals surface area contributed by atoms with Gasteiger partial charge in [-0.1, -0.05) is 15.9 Å². The zero-order valence-electron chi connectivity index (χ0n) is 9.62. The number of nitrogens with two attached hydrogens (primary N) is 1. The van der Waals surface area contributed by atoms with Crippen LogP contribution in [0.3, 0.4) is 0 Å². The monoisotopic (exact) mass is 297 g/mol. The van der Waals surface area contributed by atoms with Gasteiger partial charge in [0.15, 0.2) is 5.78 Å². The van der Waals surface area contributed by atoms with E-state index >= 15 is 0 Å². The van der Waals surface area contributed by atoms with Crippen LogP contribution < -0.4 is 5.73 Å². The van der Waals surface area contributed by atoms with E-state index in [1.54, 1.807) is 12.1 Å². The highest BCUT2D eigenvalue weighted by Gasteiger charge is 2.19. The lowest BCUT2D eigenvalue weighted by Crippen LogP contribution is -2.19. The first kappa shape index (κ1) is 12.6. The molecule has 92 valence electrons. The van der Waals surface area contributed by atoms with Crippen LogP contribution >= 0.6 is 15.9 Å². The summed E-state index contributed by atoms with van der Waals surface area (Å²) in [6, 6.07) is 5.42. The molecule has 0 spiro atoms. The van der Waals surface area contributed by atoms with Gasteiger partial charge in [-0.3, -0.25) is 4.79 Å². The number of anilines is 1. The van der Waals surface area contributed by atoms with Crippen molar-refractivity contribution in [2.24, 2.45) is 5.92 Å². The van der Waals surface area contributed by atoms with Crippen molar-refractivity contribution in [1.29, 1.82) is 0 Å². The predicted molar refractivity (Wildman–Crippen MR) is 71.0 cm³/mol. The average molecular weight is 298 g/mol.